The molecule has 0 unspecified atom stereocenters. The molecule has 2 heterocycles. The molecule has 1 saturated carbocycles. The quantitative estimate of drug-likeness (QED) is 0.656. The minimum atomic E-state index is -0.752. The number of hydrogen-bond donors (Lipinski definition) is 2. The maximum Gasteiger partial charge on any atom is 0.327 e. The molecular weight excluding hydrogens is 408 g/mol. The number of urea groups is 1. The number of carbonyl (C=O) groups is 3. The van der Waals surface area contributed by atoms with E-state index in [0.717, 1.165) is 62.2 Å². The fraction of sp³-hybridized carbons (Fsp3) is 0.625. The van der Waals surface area contributed by atoms with Crippen LogP contribution in [-0.4, -0.2) is 76.0 Å². The van der Waals surface area contributed by atoms with Crippen LogP contribution in [0.25, 0.3) is 0 Å². The van der Waals surface area contributed by atoms with Gasteiger partial charge in [0.2, 0.25) is 5.91 Å². The van der Waals surface area contributed by atoms with Crippen molar-refractivity contribution in [2.45, 2.75) is 69.7 Å². The molecule has 4 rings (SSSR count). The Hall–Kier alpha value is -2.45. The average Bonchev–Trinajstić information content (AvgIpc) is 2.97. The SMILES string of the molecule is CN1C(=O)N(CC(=O)NCc2ccc(CN3CCC(O)CC3)cc2)C(=O)C12CCCCC2. The number of likely N-dealkylation sites (N-methyl/N-ethyl adjacent to an activating group) is 1. The maximum atomic E-state index is 13.0. The predicted octanol–water partition coefficient (Wildman–Crippen LogP) is 1.86. The fourth-order valence-corrected chi connectivity index (χ4v) is 5.17. The van der Waals surface area contributed by atoms with Crippen molar-refractivity contribution in [2.75, 3.05) is 26.7 Å². The van der Waals surface area contributed by atoms with Crippen LogP contribution >= 0.6 is 0 Å². The number of aliphatic hydroxyl groups is 1. The summed E-state index contributed by atoms with van der Waals surface area (Å²) in [4.78, 5) is 43.1. The smallest absolute Gasteiger partial charge is 0.327 e. The zero-order valence-corrected chi connectivity index (χ0v) is 18.9. The summed E-state index contributed by atoms with van der Waals surface area (Å²) in [5, 5.41) is 12.5. The zero-order valence-electron chi connectivity index (χ0n) is 18.9. The molecular formula is C24H34N4O4. The monoisotopic (exact) mass is 442 g/mol. The van der Waals surface area contributed by atoms with Crippen molar-refractivity contribution in [3.8, 4) is 0 Å². The normalized spacial score (nSPS) is 22.1. The molecule has 1 aromatic carbocycles. The highest BCUT2D eigenvalue weighted by molar-refractivity contribution is 6.08. The highest BCUT2D eigenvalue weighted by Crippen LogP contribution is 2.39. The molecule has 4 amide bonds. The highest BCUT2D eigenvalue weighted by Gasteiger charge is 2.55. The maximum absolute atomic E-state index is 13.0. The van der Waals surface area contributed by atoms with Crippen LogP contribution in [0.1, 0.15) is 56.1 Å². The van der Waals surface area contributed by atoms with E-state index in [0.29, 0.717) is 19.4 Å². The van der Waals surface area contributed by atoms with Crippen molar-refractivity contribution in [3.05, 3.63) is 35.4 Å². The van der Waals surface area contributed by atoms with Crippen molar-refractivity contribution < 1.29 is 19.5 Å². The molecule has 32 heavy (non-hydrogen) atoms. The van der Waals surface area contributed by atoms with Crippen LogP contribution in [0.4, 0.5) is 4.79 Å². The van der Waals surface area contributed by atoms with Gasteiger partial charge in [-0.05, 0) is 36.8 Å². The predicted molar refractivity (Wildman–Crippen MR) is 119 cm³/mol. The van der Waals surface area contributed by atoms with Gasteiger partial charge in [-0.3, -0.25) is 19.4 Å². The second-order valence-electron chi connectivity index (χ2n) is 9.43. The topological polar surface area (TPSA) is 93.2 Å². The van der Waals surface area contributed by atoms with Crippen LogP contribution in [0.3, 0.4) is 0 Å². The molecule has 8 nitrogen and oxygen atoms in total. The number of rotatable bonds is 6. The Labute approximate surface area is 189 Å². The fourth-order valence-electron chi connectivity index (χ4n) is 5.17. The first-order valence-electron chi connectivity index (χ1n) is 11.7. The minimum absolute atomic E-state index is 0.169. The summed E-state index contributed by atoms with van der Waals surface area (Å²) in [7, 11) is 1.68. The van der Waals surface area contributed by atoms with Gasteiger partial charge < -0.3 is 15.3 Å². The van der Waals surface area contributed by atoms with Crippen LogP contribution in [0.2, 0.25) is 0 Å². The number of piperidine rings is 1. The van der Waals surface area contributed by atoms with E-state index in [1.807, 2.05) is 12.1 Å². The van der Waals surface area contributed by atoms with Crippen molar-refractivity contribution in [1.29, 1.82) is 0 Å². The van der Waals surface area contributed by atoms with Gasteiger partial charge in [0, 0.05) is 33.2 Å². The highest BCUT2D eigenvalue weighted by atomic mass is 16.3. The van der Waals surface area contributed by atoms with E-state index in [4.69, 9.17) is 0 Å². The summed E-state index contributed by atoms with van der Waals surface area (Å²) in [5.74, 6) is -0.557. The standard InChI is InChI=1S/C24H34N4O4/c1-26-23(32)28(22(31)24(26)11-3-2-4-12-24)17-21(30)25-15-18-5-7-19(8-6-18)16-27-13-9-20(29)10-14-27/h5-8,20,29H,2-4,9-17H2,1H3,(H,25,30). The number of aliphatic hydroxyl groups excluding tert-OH is 1. The number of nitrogens with zero attached hydrogens (tertiary/aromatic N) is 3. The van der Waals surface area contributed by atoms with Crippen molar-refractivity contribution >= 4 is 17.8 Å². The van der Waals surface area contributed by atoms with Crippen molar-refractivity contribution in [1.82, 2.24) is 20.0 Å². The van der Waals surface area contributed by atoms with Gasteiger partial charge in [0.05, 0.1) is 6.10 Å². The Morgan fingerprint density at radius 3 is 2.34 bits per heavy atom. The van der Waals surface area contributed by atoms with E-state index < -0.39 is 5.54 Å². The van der Waals surface area contributed by atoms with Crippen LogP contribution in [-0.2, 0) is 22.7 Å². The Morgan fingerprint density at radius 2 is 1.69 bits per heavy atom. The third kappa shape index (κ3) is 4.66. The van der Waals surface area contributed by atoms with Crippen molar-refractivity contribution in [2.24, 2.45) is 0 Å². The summed E-state index contributed by atoms with van der Waals surface area (Å²) >= 11 is 0. The lowest BCUT2D eigenvalue weighted by Crippen LogP contribution is -2.49. The summed E-state index contributed by atoms with van der Waals surface area (Å²) in [5.41, 5.74) is 1.42. The van der Waals surface area contributed by atoms with Gasteiger partial charge in [-0.1, -0.05) is 43.5 Å². The number of amides is 4. The molecule has 2 saturated heterocycles. The largest absolute Gasteiger partial charge is 0.393 e. The van der Waals surface area contributed by atoms with Gasteiger partial charge in [-0.2, -0.15) is 0 Å². The number of carbonyl (C=O) groups excluding carboxylic acids is 3. The van der Waals surface area contributed by atoms with E-state index in [9.17, 15) is 19.5 Å². The van der Waals surface area contributed by atoms with E-state index in [1.54, 1.807) is 11.9 Å². The number of benzene rings is 1. The molecule has 1 aromatic rings. The van der Waals surface area contributed by atoms with Crippen LogP contribution in [0.15, 0.2) is 24.3 Å². The Bertz CT molecular complexity index is 842. The van der Waals surface area contributed by atoms with Crippen LogP contribution in [0, 0.1) is 0 Å². The van der Waals surface area contributed by atoms with Crippen LogP contribution in [0.5, 0.6) is 0 Å². The molecule has 3 aliphatic rings. The summed E-state index contributed by atoms with van der Waals surface area (Å²) < 4.78 is 0. The van der Waals surface area contributed by atoms with Gasteiger partial charge >= 0.3 is 6.03 Å². The molecule has 0 aromatic heterocycles. The molecule has 2 N–H and O–H groups in total. The zero-order chi connectivity index (χ0) is 22.7. The number of imide groups is 1. The average molecular weight is 443 g/mol. The lowest BCUT2D eigenvalue weighted by molar-refractivity contribution is -0.137. The summed E-state index contributed by atoms with van der Waals surface area (Å²) in [6, 6.07) is 7.72. The molecule has 8 heteroatoms. The first-order chi connectivity index (χ1) is 15.4. The van der Waals surface area contributed by atoms with Gasteiger partial charge in [0.15, 0.2) is 0 Å². The minimum Gasteiger partial charge on any atom is -0.393 e. The molecule has 2 aliphatic heterocycles. The second kappa shape index (κ2) is 9.58. The first kappa shape index (κ1) is 22.7. The summed E-state index contributed by atoms with van der Waals surface area (Å²) in [6.45, 7) is 2.79. The first-order valence-corrected chi connectivity index (χ1v) is 11.7. The molecule has 1 aliphatic carbocycles. The lowest BCUT2D eigenvalue weighted by Gasteiger charge is -2.35. The van der Waals surface area contributed by atoms with Gasteiger partial charge in [-0.25, -0.2) is 4.79 Å². The van der Waals surface area contributed by atoms with E-state index >= 15 is 0 Å². The number of hydrogen-bond acceptors (Lipinski definition) is 5. The van der Waals surface area contributed by atoms with E-state index in [1.165, 1.54) is 5.56 Å². The third-order valence-electron chi connectivity index (χ3n) is 7.26. The Morgan fingerprint density at radius 1 is 1.06 bits per heavy atom. The van der Waals surface area contributed by atoms with Crippen LogP contribution < -0.4 is 5.32 Å². The van der Waals surface area contributed by atoms with Gasteiger partial charge in [0.25, 0.3) is 5.91 Å². The molecule has 3 fully saturated rings. The van der Waals surface area contributed by atoms with E-state index in [2.05, 4.69) is 22.3 Å². The van der Waals surface area contributed by atoms with Gasteiger partial charge in [0.1, 0.15) is 12.1 Å². The Balaban J connectivity index is 1.27. The second-order valence-corrected chi connectivity index (χ2v) is 9.43. The number of nitrogens with one attached hydrogen (secondary N) is 1. The number of likely N-dealkylation sites (tertiary alicyclic amines) is 1. The molecule has 0 radical (unpaired) electrons. The molecule has 174 valence electrons. The third-order valence-corrected chi connectivity index (χ3v) is 7.26. The molecule has 0 atom stereocenters. The van der Waals surface area contributed by atoms with Gasteiger partial charge in [-0.15, -0.1) is 0 Å². The van der Waals surface area contributed by atoms with E-state index in [-0.39, 0.29) is 30.5 Å². The Kier molecular flexibility index (Phi) is 6.81. The lowest BCUT2D eigenvalue weighted by atomic mass is 9.81. The molecule has 0 bridgehead atoms. The summed E-state index contributed by atoms with van der Waals surface area (Å²) in [6.07, 6.45) is 5.77. The molecule has 1 spiro atoms. The van der Waals surface area contributed by atoms with Crippen molar-refractivity contribution in [3.63, 3.8) is 0 Å².